The van der Waals surface area contributed by atoms with Gasteiger partial charge in [-0.3, -0.25) is 14.6 Å². The van der Waals surface area contributed by atoms with Crippen LogP contribution < -0.4 is 10.6 Å². The lowest BCUT2D eigenvalue weighted by molar-refractivity contribution is -0.132. The van der Waals surface area contributed by atoms with Crippen LogP contribution in [0.2, 0.25) is 0 Å². The zero-order valence-corrected chi connectivity index (χ0v) is 24.1. The molecule has 5 aromatic rings. The molecule has 1 fully saturated rings. The zero-order chi connectivity index (χ0) is 29.4. The lowest BCUT2D eigenvalue weighted by atomic mass is 9.90. The van der Waals surface area contributed by atoms with Gasteiger partial charge in [-0.15, -0.1) is 0 Å². The van der Waals surface area contributed by atoms with E-state index in [0.717, 1.165) is 22.8 Å². The van der Waals surface area contributed by atoms with Crippen molar-refractivity contribution in [3.8, 4) is 0 Å². The van der Waals surface area contributed by atoms with Crippen molar-refractivity contribution in [1.29, 1.82) is 0 Å². The predicted molar refractivity (Wildman–Crippen MR) is 171 cm³/mol. The lowest BCUT2D eigenvalue weighted by Crippen LogP contribution is -2.50. The van der Waals surface area contributed by atoms with Crippen molar-refractivity contribution in [2.45, 2.75) is 30.8 Å². The standard InChI is InChI=1S/C37H36N4O2/c42-36(32-16-15-28-9-7-8-14-31(28)24-32)39-25-33-19-22-41(37(43)35(40-33)23-27-17-20-38-21-18-27)26-34(29-10-3-1-4-11-29)30-12-5-2-6-13-30/h1-18,20-21,24,33-35,40H,19,22-23,25-26H2,(H,39,42)/t33-,35-/m0/s1. The van der Waals surface area contributed by atoms with Crippen LogP contribution >= 0.6 is 0 Å². The third-order valence-electron chi connectivity index (χ3n) is 8.31. The highest BCUT2D eigenvalue weighted by Gasteiger charge is 2.33. The fourth-order valence-electron chi connectivity index (χ4n) is 5.97. The fraction of sp³-hybridized carbons (Fsp3) is 0.216. The molecule has 0 aliphatic carbocycles. The number of pyridine rings is 1. The highest BCUT2D eigenvalue weighted by molar-refractivity contribution is 5.98. The number of carbonyl (C=O) groups is 2. The number of fused-ring (bicyclic) bond motifs is 1. The molecule has 1 aromatic heterocycles. The van der Waals surface area contributed by atoms with Crippen LogP contribution in [0.25, 0.3) is 10.8 Å². The Morgan fingerprint density at radius 1 is 0.837 bits per heavy atom. The van der Waals surface area contributed by atoms with E-state index >= 15 is 0 Å². The van der Waals surface area contributed by atoms with E-state index < -0.39 is 6.04 Å². The number of hydrogen-bond donors (Lipinski definition) is 2. The van der Waals surface area contributed by atoms with Gasteiger partial charge in [0.2, 0.25) is 5.91 Å². The number of hydrogen-bond acceptors (Lipinski definition) is 4. The minimum absolute atomic E-state index is 0.0529. The minimum Gasteiger partial charge on any atom is -0.350 e. The molecule has 1 aliphatic rings. The highest BCUT2D eigenvalue weighted by Crippen LogP contribution is 2.27. The van der Waals surface area contributed by atoms with Gasteiger partial charge in [0.05, 0.1) is 6.04 Å². The molecule has 216 valence electrons. The van der Waals surface area contributed by atoms with Gasteiger partial charge in [0.25, 0.3) is 5.91 Å². The third-order valence-corrected chi connectivity index (χ3v) is 8.31. The topological polar surface area (TPSA) is 74.3 Å². The number of nitrogens with zero attached hydrogens (tertiary/aromatic N) is 2. The van der Waals surface area contributed by atoms with Crippen LogP contribution in [0, 0.1) is 0 Å². The predicted octanol–water partition coefficient (Wildman–Crippen LogP) is 5.60. The van der Waals surface area contributed by atoms with E-state index in [1.807, 2.05) is 71.6 Å². The SMILES string of the molecule is O=C(NC[C@@H]1CCN(CC(c2ccccc2)c2ccccc2)C(=O)[C@H](Cc2ccncc2)N1)c1ccc2ccccc2c1. The van der Waals surface area contributed by atoms with Crippen molar-refractivity contribution in [3.05, 3.63) is 150 Å². The Labute approximate surface area is 252 Å². The molecular weight excluding hydrogens is 532 g/mol. The molecule has 43 heavy (non-hydrogen) atoms. The summed E-state index contributed by atoms with van der Waals surface area (Å²) in [5.74, 6) is 0.0213. The molecule has 0 unspecified atom stereocenters. The molecule has 2 amide bonds. The van der Waals surface area contributed by atoms with Crippen molar-refractivity contribution in [1.82, 2.24) is 20.5 Å². The quantitative estimate of drug-likeness (QED) is 0.243. The van der Waals surface area contributed by atoms with E-state index in [0.29, 0.717) is 31.6 Å². The summed E-state index contributed by atoms with van der Waals surface area (Å²) in [6.07, 6.45) is 4.80. The molecule has 1 aliphatic heterocycles. The van der Waals surface area contributed by atoms with E-state index in [1.165, 1.54) is 11.1 Å². The lowest BCUT2D eigenvalue weighted by Gasteiger charge is -2.29. The molecule has 6 heteroatoms. The second-order valence-corrected chi connectivity index (χ2v) is 11.2. The van der Waals surface area contributed by atoms with Gasteiger partial charge < -0.3 is 15.5 Å². The molecule has 0 radical (unpaired) electrons. The van der Waals surface area contributed by atoms with Gasteiger partial charge in [-0.25, -0.2) is 0 Å². The molecule has 2 atom stereocenters. The van der Waals surface area contributed by atoms with Gasteiger partial charge in [0.15, 0.2) is 0 Å². The molecule has 6 rings (SSSR count). The Morgan fingerprint density at radius 3 is 2.19 bits per heavy atom. The first-order valence-electron chi connectivity index (χ1n) is 14.9. The smallest absolute Gasteiger partial charge is 0.251 e. The van der Waals surface area contributed by atoms with Gasteiger partial charge in [-0.05, 0) is 64.6 Å². The molecule has 6 nitrogen and oxygen atoms in total. The summed E-state index contributed by atoms with van der Waals surface area (Å²) in [5, 5.41) is 8.87. The van der Waals surface area contributed by atoms with Crippen molar-refractivity contribution in [3.63, 3.8) is 0 Å². The van der Waals surface area contributed by atoms with Gasteiger partial charge in [-0.1, -0.05) is 91.0 Å². The van der Waals surface area contributed by atoms with E-state index in [-0.39, 0.29) is 23.8 Å². The number of benzene rings is 4. The first-order valence-corrected chi connectivity index (χ1v) is 14.9. The van der Waals surface area contributed by atoms with Gasteiger partial charge in [0.1, 0.15) is 0 Å². The number of aromatic nitrogens is 1. The van der Waals surface area contributed by atoms with Crippen LogP contribution in [-0.2, 0) is 11.2 Å². The number of rotatable bonds is 9. The largest absolute Gasteiger partial charge is 0.350 e. The number of carbonyl (C=O) groups excluding carboxylic acids is 2. The average Bonchev–Trinajstić information content (AvgIpc) is 3.21. The van der Waals surface area contributed by atoms with Gasteiger partial charge in [-0.2, -0.15) is 0 Å². The average molecular weight is 569 g/mol. The summed E-state index contributed by atoms with van der Waals surface area (Å²) in [4.78, 5) is 33.4. The highest BCUT2D eigenvalue weighted by atomic mass is 16.2. The molecule has 0 spiro atoms. The molecule has 0 saturated carbocycles. The Kier molecular flexibility index (Phi) is 8.85. The van der Waals surface area contributed by atoms with E-state index in [1.54, 1.807) is 12.4 Å². The third kappa shape index (κ3) is 6.99. The summed E-state index contributed by atoms with van der Waals surface area (Å²) in [5.41, 5.74) is 4.04. The first-order chi connectivity index (χ1) is 21.1. The van der Waals surface area contributed by atoms with Crippen molar-refractivity contribution in [2.24, 2.45) is 0 Å². The van der Waals surface area contributed by atoms with Crippen molar-refractivity contribution < 1.29 is 9.59 Å². The van der Waals surface area contributed by atoms with Crippen LogP contribution in [0.4, 0.5) is 0 Å². The maximum Gasteiger partial charge on any atom is 0.251 e. The van der Waals surface area contributed by atoms with Crippen LogP contribution in [0.3, 0.4) is 0 Å². The Bertz CT molecular complexity index is 1620. The van der Waals surface area contributed by atoms with Gasteiger partial charge >= 0.3 is 0 Å². The molecule has 1 saturated heterocycles. The summed E-state index contributed by atoms with van der Waals surface area (Å²) < 4.78 is 0. The number of amides is 2. The molecular formula is C37H36N4O2. The summed E-state index contributed by atoms with van der Waals surface area (Å²) in [6, 6.07) is 38.0. The fourth-order valence-corrected chi connectivity index (χ4v) is 5.97. The molecule has 2 heterocycles. The van der Waals surface area contributed by atoms with E-state index in [4.69, 9.17) is 0 Å². The van der Waals surface area contributed by atoms with Crippen molar-refractivity contribution >= 4 is 22.6 Å². The second-order valence-electron chi connectivity index (χ2n) is 11.2. The van der Waals surface area contributed by atoms with E-state index in [2.05, 4.69) is 64.1 Å². The zero-order valence-electron chi connectivity index (χ0n) is 24.1. The van der Waals surface area contributed by atoms with E-state index in [9.17, 15) is 9.59 Å². The summed E-state index contributed by atoms with van der Waals surface area (Å²) in [6.45, 7) is 1.61. The molecule has 4 aromatic carbocycles. The molecule has 2 N–H and O–H groups in total. The van der Waals surface area contributed by atoms with Crippen LogP contribution in [0.5, 0.6) is 0 Å². The van der Waals surface area contributed by atoms with Crippen LogP contribution in [-0.4, -0.2) is 53.4 Å². The Balaban J connectivity index is 1.21. The summed E-state index contributed by atoms with van der Waals surface area (Å²) >= 11 is 0. The number of nitrogens with one attached hydrogen (secondary N) is 2. The van der Waals surface area contributed by atoms with Crippen LogP contribution in [0.15, 0.2) is 128 Å². The monoisotopic (exact) mass is 568 g/mol. The van der Waals surface area contributed by atoms with Crippen LogP contribution in [0.1, 0.15) is 39.4 Å². The maximum absolute atomic E-state index is 14.1. The second kappa shape index (κ2) is 13.4. The Morgan fingerprint density at radius 2 is 1.49 bits per heavy atom. The minimum atomic E-state index is -0.417. The maximum atomic E-state index is 14.1. The van der Waals surface area contributed by atoms with Gasteiger partial charge in [0, 0.05) is 49.6 Å². The normalized spacial score (nSPS) is 17.1. The molecule has 0 bridgehead atoms. The Hall–Kier alpha value is -4.81. The first kappa shape index (κ1) is 28.3. The summed E-state index contributed by atoms with van der Waals surface area (Å²) in [7, 11) is 0. The van der Waals surface area contributed by atoms with Crippen molar-refractivity contribution in [2.75, 3.05) is 19.6 Å².